The van der Waals surface area contributed by atoms with Crippen LogP contribution in [0.25, 0.3) is 0 Å². The lowest BCUT2D eigenvalue weighted by molar-refractivity contribution is -0.125. The van der Waals surface area contributed by atoms with Gasteiger partial charge in [-0.3, -0.25) is 4.79 Å². The van der Waals surface area contributed by atoms with Gasteiger partial charge in [0.05, 0.1) is 15.6 Å². The fourth-order valence-electron chi connectivity index (χ4n) is 2.80. The summed E-state index contributed by atoms with van der Waals surface area (Å²) in [5.41, 5.74) is 5.83. The predicted octanol–water partition coefficient (Wildman–Crippen LogP) is 3.39. The molecule has 4 N–H and O–H groups in total. The van der Waals surface area contributed by atoms with Crippen LogP contribution in [0.5, 0.6) is 5.75 Å². The molecule has 0 bridgehead atoms. The summed E-state index contributed by atoms with van der Waals surface area (Å²) in [7, 11) is 0. The van der Waals surface area contributed by atoms with Crippen molar-refractivity contribution in [1.29, 1.82) is 0 Å². The van der Waals surface area contributed by atoms with E-state index in [1.165, 1.54) is 0 Å². The lowest BCUT2D eigenvalue weighted by Crippen LogP contribution is -2.42. The molecule has 0 radical (unpaired) electrons. The first-order valence-corrected chi connectivity index (χ1v) is 7.87. The largest absolute Gasteiger partial charge is 0.505 e. The molecule has 2 rings (SSSR count). The molecule has 0 aliphatic heterocycles. The summed E-state index contributed by atoms with van der Waals surface area (Å²) in [5.74, 6) is -0.0167. The molecule has 0 unspecified atom stereocenters. The van der Waals surface area contributed by atoms with E-state index in [2.05, 4.69) is 21.2 Å². The third-order valence-electron chi connectivity index (χ3n) is 4.17. The zero-order chi connectivity index (χ0) is 14.6. The van der Waals surface area contributed by atoms with E-state index >= 15 is 0 Å². The standard InChI is InChI=1S/C15H21BrN2O2/c16-11-6-5-7-12(13(11)19)18-14(20)15(10-17)8-3-1-2-4-9-15/h5-7,19H,1-4,8-10,17H2,(H,18,20). The second-order valence-corrected chi connectivity index (χ2v) is 6.34. The molecule has 4 nitrogen and oxygen atoms in total. The van der Waals surface area contributed by atoms with E-state index < -0.39 is 5.41 Å². The number of phenols is 1. The molecule has 0 saturated heterocycles. The lowest BCUT2D eigenvalue weighted by atomic mass is 9.79. The normalized spacial score (nSPS) is 18.3. The Balaban J connectivity index is 2.18. The molecule has 5 heteroatoms. The van der Waals surface area contributed by atoms with Gasteiger partial charge < -0.3 is 16.2 Å². The summed E-state index contributed by atoms with van der Waals surface area (Å²) in [6, 6.07) is 5.20. The summed E-state index contributed by atoms with van der Waals surface area (Å²) >= 11 is 3.25. The van der Waals surface area contributed by atoms with E-state index in [9.17, 15) is 9.90 Å². The minimum absolute atomic E-state index is 0.0571. The van der Waals surface area contributed by atoms with E-state index in [-0.39, 0.29) is 11.7 Å². The van der Waals surface area contributed by atoms with Crippen LogP contribution in [0.3, 0.4) is 0 Å². The van der Waals surface area contributed by atoms with Crippen LogP contribution in [0.2, 0.25) is 0 Å². The van der Waals surface area contributed by atoms with Gasteiger partial charge in [-0.1, -0.05) is 31.7 Å². The van der Waals surface area contributed by atoms with E-state index in [4.69, 9.17) is 5.73 Å². The molecule has 1 fully saturated rings. The van der Waals surface area contributed by atoms with E-state index in [0.717, 1.165) is 38.5 Å². The molecule has 1 aliphatic carbocycles. The Morgan fingerprint density at radius 3 is 2.55 bits per heavy atom. The van der Waals surface area contributed by atoms with Gasteiger partial charge in [0.15, 0.2) is 5.75 Å². The number of phenolic OH excluding ortho intramolecular Hbond substituents is 1. The molecule has 0 heterocycles. The number of hydrogen-bond acceptors (Lipinski definition) is 3. The monoisotopic (exact) mass is 340 g/mol. The Bertz CT molecular complexity index is 483. The molecule has 1 aromatic carbocycles. The molecule has 110 valence electrons. The van der Waals surface area contributed by atoms with Crippen molar-refractivity contribution in [3.8, 4) is 5.75 Å². The SMILES string of the molecule is NCC1(C(=O)Nc2cccc(Br)c2O)CCCCCC1. The molecule has 1 aliphatic rings. The van der Waals surface area contributed by atoms with E-state index in [1.54, 1.807) is 18.2 Å². The number of rotatable bonds is 3. The maximum atomic E-state index is 12.6. The number of hydrogen-bond donors (Lipinski definition) is 3. The number of benzene rings is 1. The van der Waals surface area contributed by atoms with Crippen LogP contribution in [-0.4, -0.2) is 17.6 Å². The number of para-hydroxylation sites is 1. The van der Waals surface area contributed by atoms with Gasteiger partial charge >= 0.3 is 0 Å². The minimum atomic E-state index is -0.495. The summed E-state index contributed by atoms with van der Waals surface area (Å²) in [6.07, 6.45) is 6.05. The fraction of sp³-hybridized carbons (Fsp3) is 0.533. The van der Waals surface area contributed by atoms with Crippen molar-refractivity contribution in [2.75, 3.05) is 11.9 Å². The summed E-state index contributed by atoms with van der Waals surface area (Å²) in [5, 5.41) is 12.8. The molecule has 0 atom stereocenters. The molecule has 0 spiro atoms. The van der Waals surface area contributed by atoms with Crippen molar-refractivity contribution in [3.63, 3.8) is 0 Å². The van der Waals surface area contributed by atoms with Gasteiger partial charge in [0, 0.05) is 6.54 Å². The van der Waals surface area contributed by atoms with Crippen LogP contribution >= 0.6 is 15.9 Å². The second-order valence-electron chi connectivity index (χ2n) is 5.49. The van der Waals surface area contributed by atoms with Gasteiger partial charge in [0.1, 0.15) is 0 Å². The highest BCUT2D eigenvalue weighted by molar-refractivity contribution is 9.10. The van der Waals surface area contributed by atoms with Gasteiger partial charge in [-0.25, -0.2) is 0 Å². The Hall–Kier alpha value is -1.07. The van der Waals surface area contributed by atoms with Gasteiger partial charge in [-0.15, -0.1) is 0 Å². The maximum Gasteiger partial charge on any atom is 0.231 e. The highest BCUT2D eigenvalue weighted by Crippen LogP contribution is 2.37. The van der Waals surface area contributed by atoms with E-state index in [1.807, 2.05) is 0 Å². The quantitative estimate of drug-likeness (QED) is 0.583. The first kappa shape index (κ1) is 15.3. The topological polar surface area (TPSA) is 75.4 Å². The predicted molar refractivity (Wildman–Crippen MR) is 83.6 cm³/mol. The smallest absolute Gasteiger partial charge is 0.231 e. The van der Waals surface area contributed by atoms with Gasteiger partial charge in [0.2, 0.25) is 5.91 Å². The minimum Gasteiger partial charge on any atom is -0.505 e. The summed E-state index contributed by atoms with van der Waals surface area (Å²) in [4.78, 5) is 12.6. The zero-order valence-corrected chi connectivity index (χ0v) is 13.1. The highest BCUT2D eigenvalue weighted by atomic mass is 79.9. The Morgan fingerprint density at radius 1 is 1.30 bits per heavy atom. The van der Waals surface area contributed by atoms with Crippen LogP contribution in [-0.2, 0) is 4.79 Å². The zero-order valence-electron chi connectivity index (χ0n) is 11.5. The summed E-state index contributed by atoms with van der Waals surface area (Å²) in [6.45, 7) is 0.355. The van der Waals surface area contributed by atoms with Crippen molar-refractivity contribution in [2.24, 2.45) is 11.1 Å². The van der Waals surface area contributed by atoms with Gasteiger partial charge in [-0.05, 0) is 40.9 Å². The van der Waals surface area contributed by atoms with Crippen molar-refractivity contribution in [3.05, 3.63) is 22.7 Å². The number of carbonyl (C=O) groups excluding carboxylic acids is 1. The van der Waals surface area contributed by atoms with Crippen molar-refractivity contribution in [1.82, 2.24) is 0 Å². The van der Waals surface area contributed by atoms with Crippen LogP contribution < -0.4 is 11.1 Å². The van der Waals surface area contributed by atoms with Gasteiger partial charge in [-0.2, -0.15) is 0 Å². The molecular weight excluding hydrogens is 320 g/mol. The first-order chi connectivity index (χ1) is 9.59. The van der Waals surface area contributed by atoms with Crippen molar-refractivity contribution in [2.45, 2.75) is 38.5 Å². The Kier molecular flexibility index (Phi) is 5.05. The fourth-order valence-corrected chi connectivity index (χ4v) is 3.17. The van der Waals surface area contributed by atoms with Crippen LogP contribution in [0, 0.1) is 5.41 Å². The van der Waals surface area contributed by atoms with Crippen molar-refractivity contribution < 1.29 is 9.90 Å². The summed E-state index contributed by atoms with van der Waals surface area (Å²) < 4.78 is 0.568. The van der Waals surface area contributed by atoms with E-state index in [0.29, 0.717) is 16.7 Å². The third-order valence-corrected chi connectivity index (χ3v) is 4.81. The molecule has 1 amide bonds. The number of amides is 1. The number of nitrogens with two attached hydrogens (primary N) is 1. The number of halogens is 1. The second kappa shape index (κ2) is 6.59. The molecule has 0 aromatic heterocycles. The number of carbonyl (C=O) groups is 1. The number of anilines is 1. The van der Waals surface area contributed by atoms with Gasteiger partial charge in [0.25, 0.3) is 0 Å². The van der Waals surface area contributed by atoms with Crippen LogP contribution in [0.1, 0.15) is 38.5 Å². The average Bonchev–Trinajstić information content (AvgIpc) is 2.70. The molecule has 1 aromatic rings. The molecule has 1 saturated carbocycles. The maximum absolute atomic E-state index is 12.6. The number of nitrogens with one attached hydrogen (secondary N) is 1. The first-order valence-electron chi connectivity index (χ1n) is 7.08. The Labute approximate surface area is 127 Å². The molecule has 20 heavy (non-hydrogen) atoms. The van der Waals surface area contributed by atoms with Crippen LogP contribution in [0.4, 0.5) is 5.69 Å². The highest BCUT2D eigenvalue weighted by Gasteiger charge is 2.37. The lowest BCUT2D eigenvalue weighted by Gasteiger charge is -2.30. The third kappa shape index (κ3) is 3.15. The average molecular weight is 341 g/mol. The number of aromatic hydroxyl groups is 1. The Morgan fingerprint density at radius 2 is 1.95 bits per heavy atom. The molecular formula is C15H21BrN2O2. The van der Waals surface area contributed by atoms with Crippen molar-refractivity contribution >= 4 is 27.5 Å². The van der Waals surface area contributed by atoms with Crippen LogP contribution in [0.15, 0.2) is 22.7 Å².